The maximum Gasteiger partial charge on any atom is 0.331 e. The first kappa shape index (κ1) is 17.5. The van der Waals surface area contributed by atoms with Crippen molar-refractivity contribution in [1.82, 2.24) is 0 Å². The largest absolute Gasteiger partial charge is 0.456 e. The average Bonchev–Trinajstić information content (AvgIpc) is 2.43. The molecule has 0 N–H and O–H groups in total. The van der Waals surface area contributed by atoms with Crippen molar-refractivity contribution >= 4 is 5.97 Å². The summed E-state index contributed by atoms with van der Waals surface area (Å²) in [4.78, 5) is 11.9. The highest BCUT2D eigenvalue weighted by atomic mass is 16.6. The molecule has 0 spiro atoms. The fourth-order valence-electron chi connectivity index (χ4n) is 2.60. The van der Waals surface area contributed by atoms with Gasteiger partial charge in [0.1, 0.15) is 5.60 Å². The summed E-state index contributed by atoms with van der Waals surface area (Å²) in [6.07, 6.45) is 13.1. The van der Waals surface area contributed by atoms with Crippen molar-refractivity contribution in [2.24, 2.45) is 5.92 Å². The van der Waals surface area contributed by atoms with E-state index in [0.717, 1.165) is 31.3 Å². The third-order valence-corrected chi connectivity index (χ3v) is 4.12. The predicted octanol–water partition coefficient (Wildman–Crippen LogP) is 5.13. The maximum atomic E-state index is 11.9. The van der Waals surface area contributed by atoms with Gasteiger partial charge in [-0.3, -0.25) is 0 Å². The SMILES string of the molecule is C=C(C)C1CCC(C)(OC(=O)/C=C/C(C)=C/C=C\C)CC1. The molecule has 0 atom stereocenters. The first-order valence-electron chi connectivity index (χ1n) is 7.72. The minimum Gasteiger partial charge on any atom is -0.456 e. The summed E-state index contributed by atoms with van der Waals surface area (Å²) in [5.74, 6) is 0.331. The highest BCUT2D eigenvalue weighted by Crippen LogP contribution is 2.37. The zero-order valence-electron chi connectivity index (χ0n) is 13.8. The average molecular weight is 288 g/mol. The molecular weight excluding hydrogens is 260 g/mol. The van der Waals surface area contributed by atoms with E-state index in [1.54, 1.807) is 6.08 Å². The maximum absolute atomic E-state index is 11.9. The first-order chi connectivity index (χ1) is 9.86. The Hall–Kier alpha value is -1.57. The van der Waals surface area contributed by atoms with Gasteiger partial charge >= 0.3 is 5.97 Å². The monoisotopic (exact) mass is 288 g/mol. The molecule has 116 valence electrons. The van der Waals surface area contributed by atoms with Crippen molar-refractivity contribution in [2.45, 2.75) is 59.0 Å². The molecule has 1 aliphatic carbocycles. The number of rotatable bonds is 5. The van der Waals surface area contributed by atoms with Crippen LogP contribution in [0.15, 0.2) is 48.1 Å². The van der Waals surface area contributed by atoms with Crippen molar-refractivity contribution in [3.63, 3.8) is 0 Å². The number of hydrogen-bond acceptors (Lipinski definition) is 2. The Balaban J connectivity index is 2.51. The Kier molecular flexibility index (Phi) is 6.67. The Morgan fingerprint density at radius 2 is 1.86 bits per heavy atom. The van der Waals surface area contributed by atoms with Crippen molar-refractivity contribution in [3.05, 3.63) is 48.1 Å². The lowest BCUT2D eigenvalue weighted by Gasteiger charge is -2.36. The topological polar surface area (TPSA) is 26.3 Å². The van der Waals surface area contributed by atoms with Gasteiger partial charge in [-0.2, -0.15) is 0 Å². The third kappa shape index (κ3) is 6.16. The van der Waals surface area contributed by atoms with E-state index in [2.05, 4.69) is 13.5 Å². The van der Waals surface area contributed by atoms with Crippen LogP contribution in [0.1, 0.15) is 53.4 Å². The zero-order valence-corrected chi connectivity index (χ0v) is 13.8. The summed E-state index contributed by atoms with van der Waals surface area (Å²) in [5.41, 5.74) is 1.95. The molecule has 0 aromatic heterocycles. The third-order valence-electron chi connectivity index (χ3n) is 4.12. The van der Waals surface area contributed by atoms with E-state index in [0.29, 0.717) is 5.92 Å². The van der Waals surface area contributed by atoms with E-state index in [-0.39, 0.29) is 11.6 Å². The Morgan fingerprint density at radius 3 is 2.38 bits per heavy atom. The summed E-state index contributed by atoms with van der Waals surface area (Å²) in [6, 6.07) is 0. The van der Waals surface area contributed by atoms with E-state index in [9.17, 15) is 4.79 Å². The summed E-state index contributed by atoms with van der Waals surface area (Å²) in [5, 5.41) is 0. The minimum absolute atomic E-state index is 0.250. The van der Waals surface area contributed by atoms with Crippen LogP contribution in [0.2, 0.25) is 0 Å². The van der Waals surface area contributed by atoms with Gasteiger partial charge in [-0.15, -0.1) is 0 Å². The van der Waals surface area contributed by atoms with Crippen LogP contribution in [0.25, 0.3) is 0 Å². The van der Waals surface area contributed by atoms with Crippen LogP contribution < -0.4 is 0 Å². The highest BCUT2D eigenvalue weighted by Gasteiger charge is 2.34. The molecular formula is C19H28O2. The van der Waals surface area contributed by atoms with Gasteiger partial charge in [-0.1, -0.05) is 42.0 Å². The Morgan fingerprint density at radius 1 is 1.24 bits per heavy atom. The van der Waals surface area contributed by atoms with Gasteiger partial charge in [0, 0.05) is 6.08 Å². The molecule has 2 nitrogen and oxygen atoms in total. The van der Waals surface area contributed by atoms with Crippen molar-refractivity contribution < 1.29 is 9.53 Å². The number of allylic oxidation sites excluding steroid dienone is 6. The number of carbonyl (C=O) groups is 1. The summed E-state index contributed by atoms with van der Waals surface area (Å²) in [7, 11) is 0. The van der Waals surface area contributed by atoms with Crippen molar-refractivity contribution in [1.29, 1.82) is 0 Å². The van der Waals surface area contributed by atoms with Gasteiger partial charge in [0.25, 0.3) is 0 Å². The lowest BCUT2D eigenvalue weighted by molar-refractivity contribution is -0.155. The summed E-state index contributed by atoms with van der Waals surface area (Å²) < 4.78 is 5.66. The second-order valence-corrected chi connectivity index (χ2v) is 6.26. The van der Waals surface area contributed by atoms with Crippen molar-refractivity contribution in [3.8, 4) is 0 Å². The molecule has 1 fully saturated rings. The van der Waals surface area contributed by atoms with Crippen molar-refractivity contribution in [2.75, 3.05) is 0 Å². The molecule has 1 aliphatic rings. The van der Waals surface area contributed by atoms with E-state index >= 15 is 0 Å². The lowest BCUT2D eigenvalue weighted by Crippen LogP contribution is -2.35. The molecule has 2 heteroatoms. The van der Waals surface area contributed by atoms with Gasteiger partial charge in [0.05, 0.1) is 0 Å². The second-order valence-electron chi connectivity index (χ2n) is 6.26. The van der Waals surface area contributed by atoms with E-state index < -0.39 is 0 Å². The molecule has 1 saturated carbocycles. The van der Waals surface area contributed by atoms with Gasteiger partial charge in [-0.05, 0) is 59.3 Å². The fourth-order valence-corrected chi connectivity index (χ4v) is 2.60. The van der Waals surface area contributed by atoms with Gasteiger partial charge in [0.15, 0.2) is 0 Å². The molecule has 0 aromatic carbocycles. The standard InChI is InChI=1S/C19H28O2/c1-6-7-8-16(4)9-10-18(20)21-19(5)13-11-17(12-14-19)15(2)3/h6-10,17H,2,11-14H2,1,3-5H3/b7-6-,10-9+,16-8+. The second kappa shape index (κ2) is 8.02. The van der Waals surface area contributed by atoms with Crippen LogP contribution >= 0.6 is 0 Å². The predicted molar refractivity (Wildman–Crippen MR) is 89.0 cm³/mol. The number of ether oxygens (including phenoxy) is 1. The van der Waals surface area contributed by atoms with E-state index in [4.69, 9.17) is 4.74 Å². The van der Waals surface area contributed by atoms with Crippen LogP contribution in [0.3, 0.4) is 0 Å². The van der Waals surface area contributed by atoms with Gasteiger partial charge in [-0.25, -0.2) is 4.79 Å². The molecule has 0 aliphatic heterocycles. The summed E-state index contributed by atoms with van der Waals surface area (Å²) >= 11 is 0. The number of hydrogen-bond donors (Lipinski definition) is 0. The molecule has 0 amide bonds. The lowest BCUT2D eigenvalue weighted by atomic mass is 9.77. The fraction of sp³-hybridized carbons (Fsp3) is 0.526. The molecule has 0 unspecified atom stereocenters. The smallest absolute Gasteiger partial charge is 0.331 e. The van der Waals surface area contributed by atoms with Crippen LogP contribution in [0.4, 0.5) is 0 Å². The van der Waals surface area contributed by atoms with E-state index in [1.807, 2.05) is 39.0 Å². The van der Waals surface area contributed by atoms with Gasteiger partial charge < -0.3 is 4.74 Å². The molecule has 0 heterocycles. The Labute approximate surface area is 129 Å². The highest BCUT2D eigenvalue weighted by molar-refractivity contribution is 5.82. The molecule has 0 saturated heterocycles. The first-order valence-corrected chi connectivity index (χ1v) is 7.72. The molecule has 21 heavy (non-hydrogen) atoms. The quantitative estimate of drug-likeness (QED) is 0.303. The number of esters is 1. The number of carbonyl (C=O) groups excluding carboxylic acids is 1. The van der Waals surface area contributed by atoms with Crippen LogP contribution in [-0.2, 0) is 9.53 Å². The van der Waals surface area contributed by atoms with Crippen LogP contribution in [0.5, 0.6) is 0 Å². The minimum atomic E-state index is -0.325. The van der Waals surface area contributed by atoms with Crippen LogP contribution in [0, 0.1) is 5.92 Å². The van der Waals surface area contributed by atoms with E-state index in [1.165, 1.54) is 11.6 Å². The molecule has 1 rings (SSSR count). The molecule has 0 aromatic rings. The summed E-state index contributed by atoms with van der Waals surface area (Å²) in [6.45, 7) is 12.1. The normalized spacial score (nSPS) is 27.2. The van der Waals surface area contributed by atoms with Crippen LogP contribution in [-0.4, -0.2) is 11.6 Å². The van der Waals surface area contributed by atoms with Gasteiger partial charge in [0.2, 0.25) is 0 Å². The Bertz CT molecular complexity index is 458. The molecule has 0 radical (unpaired) electrons. The molecule has 0 bridgehead atoms. The zero-order chi connectivity index (χ0) is 15.9.